The molecule has 5 rings (SSSR count). The van der Waals surface area contributed by atoms with Crippen molar-refractivity contribution in [2.75, 3.05) is 18.0 Å². The predicted molar refractivity (Wildman–Crippen MR) is 140 cm³/mol. The molecule has 4 aromatic rings. The maximum Gasteiger partial charge on any atom is 0.225 e. The summed E-state index contributed by atoms with van der Waals surface area (Å²) in [6.07, 6.45) is 1.81. The van der Waals surface area contributed by atoms with Crippen LogP contribution >= 0.6 is 0 Å². The smallest absolute Gasteiger partial charge is 0.225 e. The van der Waals surface area contributed by atoms with Crippen LogP contribution in [-0.4, -0.2) is 29.2 Å². The highest BCUT2D eigenvalue weighted by atomic mass is 16.2. The van der Waals surface area contributed by atoms with E-state index >= 15 is 0 Å². The number of carbonyl (C=O) groups is 1. The molecular weight excluding hydrogens is 432 g/mol. The van der Waals surface area contributed by atoms with Gasteiger partial charge in [-0.2, -0.15) is 0 Å². The zero-order valence-corrected chi connectivity index (χ0v) is 20.0. The number of anilines is 1. The second kappa shape index (κ2) is 10.5. The third-order valence-corrected chi connectivity index (χ3v) is 6.74. The average Bonchev–Trinajstić information content (AvgIpc) is 2.93. The number of nitrogens with zero attached hydrogens (tertiary/aromatic N) is 3. The Bertz CT molecular complexity index is 1220. The van der Waals surface area contributed by atoms with Crippen LogP contribution in [0.4, 0.5) is 5.82 Å². The van der Waals surface area contributed by atoms with Crippen molar-refractivity contribution in [1.82, 2.24) is 15.5 Å². The maximum atomic E-state index is 13.4. The number of piperidine rings is 1. The van der Waals surface area contributed by atoms with E-state index in [2.05, 4.69) is 63.7 Å². The van der Waals surface area contributed by atoms with E-state index in [1.807, 2.05) is 60.7 Å². The first-order valence-electron chi connectivity index (χ1n) is 12.2. The highest BCUT2D eigenvalue weighted by Gasteiger charge is 2.29. The Morgan fingerprint density at radius 3 is 2.14 bits per heavy atom. The van der Waals surface area contributed by atoms with E-state index in [0.717, 1.165) is 47.6 Å². The zero-order valence-electron chi connectivity index (χ0n) is 20.0. The fraction of sp³-hybridized carbons (Fsp3) is 0.233. The van der Waals surface area contributed by atoms with Crippen LogP contribution in [-0.2, 0) is 4.79 Å². The third-order valence-electron chi connectivity index (χ3n) is 6.74. The summed E-state index contributed by atoms with van der Waals surface area (Å²) in [4.78, 5) is 15.6. The molecule has 1 aromatic heterocycles. The van der Waals surface area contributed by atoms with Gasteiger partial charge in [0.25, 0.3) is 0 Å². The van der Waals surface area contributed by atoms with Crippen molar-refractivity contribution in [3.8, 4) is 11.3 Å². The first-order valence-corrected chi connectivity index (χ1v) is 12.2. The topological polar surface area (TPSA) is 58.1 Å². The summed E-state index contributed by atoms with van der Waals surface area (Å²) in [6.45, 7) is 3.60. The van der Waals surface area contributed by atoms with E-state index in [0.29, 0.717) is 6.54 Å². The first kappa shape index (κ1) is 22.8. The number of benzene rings is 3. The lowest BCUT2D eigenvalue weighted by Gasteiger charge is -2.33. The Morgan fingerprint density at radius 1 is 0.857 bits per heavy atom. The number of rotatable bonds is 6. The summed E-state index contributed by atoms with van der Waals surface area (Å²) >= 11 is 0. The summed E-state index contributed by atoms with van der Waals surface area (Å²) in [6, 6.07) is 32.4. The van der Waals surface area contributed by atoms with Crippen molar-refractivity contribution in [1.29, 1.82) is 0 Å². The van der Waals surface area contributed by atoms with Gasteiger partial charge in [0.05, 0.1) is 17.7 Å². The standard InChI is InChI=1S/C30H30N4O/c1-22-11-8-9-17-26(22)27-18-19-28(33-32-27)34-20-10-16-25(21-34)30(35)31-29(23-12-4-2-5-13-23)24-14-6-3-7-15-24/h2-9,11-15,17-19,25,29H,10,16,20-21H2,1H3,(H,31,35). The van der Waals surface area contributed by atoms with Gasteiger partial charge in [-0.1, -0.05) is 84.9 Å². The van der Waals surface area contributed by atoms with Crippen molar-refractivity contribution in [2.24, 2.45) is 5.92 Å². The predicted octanol–water partition coefficient (Wildman–Crippen LogP) is 5.57. The fourth-order valence-corrected chi connectivity index (χ4v) is 4.81. The van der Waals surface area contributed by atoms with E-state index in [1.165, 1.54) is 5.56 Å². The van der Waals surface area contributed by atoms with E-state index in [-0.39, 0.29) is 17.9 Å². The van der Waals surface area contributed by atoms with Crippen molar-refractivity contribution in [3.63, 3.8) is 0 Å². The zero-order chi connectivity index (χ0) is 24.0. The van der Waals surface area contributed by atoms with Gasteiger partial charge in [0.2, 0.25) is 5.91 Å². The normalized spacial score (nSPS) is 15.7. The molecule has 0 spiro atoms. The number of nitrogens with one attached hydrogen (secondary N) is 1. The molecule has 0 radical (unpaired) electrons. The van der Waals surface area contributed by atoms with Gasteiger partial charge in [0, 0.05) is 18.7 Å². The van der Waals surface area contributed by atoms with Crippen molar-refractivity contribution < 1.29 is 4.79 Å². The number of hydrogen-bond donors (Lipinski definition) is 1. The van der Waals surface area contributed by atoms with Gasteiger partial charge in [0.1, 0.15) is 0 Å². The molecule has 1 aliphatic heterocycles. The molecule has 0 saturated carbocycles. The highest BCUT2D eigenvalue weighted by molar-refractivity contribution is 5.80. The lowest BCUT2D eigenvalue weighted by Crippen LogP contribution is -2.44. The fourth-order valence-electron chi connectivity index (χ4n) is 4.81. The number of hydrogen-bond acceptors (Lipinski definition) is 4. The lowest BCUT2D eigenvalue weighted by molar-refractivity contribution is -0.125. The third kappa shape index (κ3) is 5.24. The Hall–Kier alpha value is -3.99. The Labute approximate surface area is 206 Å². The molecule has 176 valence electrons. The van der Waals surface area contributed by atoms with E-state index in [4.69, 9.17) is 0 Å². The second-order valence-corrected chi connectivity index (χ2v) is 9.14. The van der Waals surface area contributed by atoms with Crippen molar-refractivity contribution in [3.05, 3.63) is 114 Å². The molecule has 35 heavy (non-hydrogen) atoms. The molecular formula is C30H30N4O. The minimum atomic E-state index is -0.173. The van der Waals surface area contributed by atoms with E-state index in [1.54, 1.807) is 0 Å². The molecule has 1 atom stereocenters. The monoisotopic (exact) mass is 462 g/mol. The van der Waals surface area contributed by atoms with E-state index < -0.39 is 0 Å². The Balaban J connectivity index is 1.30. The summed E-state index contributed by atoms with van der Waals surface area (Å²) in [5, 5.41) is 12.3. The van der Waals surface area contributed by atoms with E-state index in [9.17, 15) is 4.79 Å². The second-order valence-electron chi connectivity index (χ2n) is 9.14. The molecule has 0 aliphatic carbocycles. The van der Waals surface area contributed by atoms with Gasteiger partial charge >= 0.3 is 0 Å². The van der Waals surface area contributed by atoms with Crippen LogP contribution in [0.2, 0.25) is 0 Å². The summed E-state index contributed by atoms with van der Waals surface area (Å²) < 4.78 is 0. The average molecular weight is 463 g/mol. The van der Waals surface area contributed by atoms with Gasteiger partial charge < -0.3 is 10.2 Å². The number of carbonyl (C=O) groups excluding carboxylic acids is 1. The molecule has 1 saturated heterocycles. The summed E-state index contributed by atoms with van der Waals surface area (Å²) in [7, 11) is 0. The molecule has 1 fully saturated rings. The number of aromatic nitrogens is 2. The van der Waals surface area contributed by atoms with Gasteiger partial charge in [-0.25, -0.2) is 0 Å². The quantitative estimate of drug-likeness (QED) is 0.407. The SMILES string of the molecule is Cc1ccccc1-c1ccc(N2CCCC(C(=O)NC(c3ccccc3)c3ccccc3)C2)nn1. The lowest BCUT2D eigenvalue weighted by atomic mass is 9.94. The summed E-state index contributed by atoms with van der Waals surface area (Å²) in [5.74, 6) is 0.802. The van der Waals surface area contributed by atoms with Crippen molar-refractivity contribution in [2.45, 2.75) is 25.8 Å². The maximum absolute atomic E-state index is 13.4. The van der Waals surface area contributed by atoms with Crippen LogP contribution < -0.4 is 10.2 Å². The first-order chi connectivity index (χ1) is 17.2. The van der Waals surface area contributed by atoms with Crippen LogP contribution in [0.25, 0.3) is 11.3 Å². The molecule has 3 aromatic carbocycles. The van der Waals surface area contributed by atoms with Crippen molar-refractivity contribution >= 4 is 11.7 Å². The summed E-state index contributed by atoms with van der Waals surface area (Å²) in [5.41, 5.74) is 5.30. The molecule has 1 aliphatic rings. The van der Waals surface area contributed by atoms with Gasteiger partial charge in [-0.05, 0) is 48.6 Å². The van der Waals surface area contributed by atoms with Crippen LogP contribution in [0.15, 0.2) is 97.1 Å². The number of aryl methyl sites for hydroxylation is 1. The molecule has 5 heteroatoms. The van der Waals surface area contributed by atoms with Gasteiger partial charge in [-0.3, -0.25) is 4.79 Å². The Kier molecular flexibility index (Phi) is 6.85. The molecule has 1 unspecified atom stereocenters. The Morgan fingerprint density at radius 2 is 1.51 bits per heavy atom. The minimum absolute atomic E-state index is 0.0805. The van der Waals surface area contributed by atoms with Gasteiger partial charge in [0.15, 0.2) is 5.82 Å². The molecule has 1 amide bonds. The van der Waals surface area contributed by atoms with Crippen LogP contribution in [0.5, 0.6) is 0 Å². The number of amides is 1. The highest BCUT2D eigenvalue weighted by Crippen LogP contribution is 2.27. The van der Waals surface area contributed by atoms with Crippen LogP contribution in [0.3, 0.4) is 0 Å². The molecule has 2 heterocycles. The van der Waals surface area contributed by atoms with Crippen LogP contribution in [0.1, 0.15) is 35.6 Å². The largest absolute Gasteiger partial charge is 0.354 e. The van der Waals surface area contributed by atoms with Gasteiger partial charge in [-0.15, -0.1) is 10.2 Å². The molecule has 0 bridgehead atoms. The molecule has 1 N–H and O–H groups in total. The molecule has 5 nitrogen and oxygen atoms in total. The minimum Gasteiger partial charge on any atom is -0.354 e. The van der Waals surface area contributed by atoms with Crippen LogP contribution in [0, 0.1) is 12.8 Å².